The fourth-order valence-electron chi connectivity index (χ4n) is 1.09. The molecule has 3 N–H and O–H groups in total. The Hall–Kier alpha value is -0.200. The summed E-state index contributed by atoms with van der Waals surface area (Å²) in [5.41, 5.74) is 0. The number of hydrogen-bond acceptors (Lipinski definition) is 5. The van der Waals surface area contributed by atoms with Gasteiger partial charge in [0.15, 0.2) is 0 Å². The molecule has 0 aliphatic heterocycles. The van der Waals surface area contributed by atoms with E-state index in [2.05, 4.69) is 0 Å². The monoisotopic (exact) mass is 208 g/mol. The maximum Gasteiger partial charge on any atom is 0.107 e. The average Bonchev–Trinajstić information content (AvgIpc) is 2.15. The van der Waals surface area contributed by atoms with Crippen molar-refractivity contribution in [1.29, 1.82) is 0 Å². The van der Waals surface area contributed by atoms with Crippen molar-refractivity contribution in [2.24, 2.45) is 0 Å². The van der Waals surface area contributed by atoms with E-state index in [1.165, 1.54) is 14.0 Å². The van der Waals surface area contributed by atoms with Gasteiger partial charge in [0.05, 0.1) is 25.4 Å². The van der Waals surface area contributed by atoms with E-state index in [0.29, 0.717) is 0 Å². The second kappa shape index (κ2) is 7.14. The van der Waals surface area contributed by atoms with Gasteiger partial charge in [-0.25, -0.2) is 0 Å². The zero-order valence-corrected chi connectivity index (χ0v) is 8.88. The maximum absolute atomic E-state index is 9.20. The Kier molecular flexibility index (Phi) is 7.04. The molecule has 0 heterocycles. The zero-order valence-electron chi connectivity index (χ0n) is 8.88. The summed E-state index contributed by atoms with van der Waals surface area (Å²) < 4.78 is 10.3. The average molecular weight is 208 g/mol. The lowest BCUT2D eigenvalue weighted by molar-refractivity contribution is -0.135. The maximum atomic E-state index is 9.20. The summed E-state index contributed by atoms with van der Waals surface area (Å²) in [6, 6.07) is 0. The molecule has 0 aliphatic rings. The second-order valence-corrected chi connectivity index (χ2v) is 3.26. The molecule has 86 valence electrons. The first kappa shape index (κ1) is 13.8. The Morgan fingerprint density at radius 1 is 1.07 bits per heavy atom. The molecule has 0 spiro atoms. The van der Waals surface area contributed by atoms with Crippen LogP contribution in [0.15, 0.2) is 0 Å². The first-order valence-corrected chi connectivity index (χ1v) is 4.64. The first-order valence-electron chi connectivity index (χ1n) is 4.64. The predicted octanol–water partition coefficient (Wildman–Crippen LogP) is -0.860. The highest BCUT2D eigenvalue weighted by Gasteiger charge is 2.23. The number of rotatable bonds is 7. The molecule has 0 fully saturated rings. The molecule has 0 aromatic rings. The van der Waals surface area contributed by atoms with Crippen LogP contribution in [-0.2, 0) is 9.47 Å². The zero-order chi connectivity index (χ0) is 11.1. The summed E-state index contributed by atoms with van der Waals surface area (Å²) in [6.45, 7) is 2.84. The Morgan fingerprint density at radius 2 is 1.57 bits per heavy atom. The highest BCUT2D eigenvalue weighted by atomic mass is 16.6. The van der Waals surface area contributed by atoms with Crippen molar-refractivity contribution in [2.75, 3.05) is 20.3 Å². The lowest BCUT2D eigenvalue weighted by atomic mass is 10.2. The molecule has 0 aromatic heterocycles. The summed E-state index contributed by atoms with van der Waals surface area (Å²) in [4.78, 5) is 0. The van der Waals surface area contributed by atoms with Crippen LogP contribution >= 0.6 is 0 Å². The predicted molar refractivity (Wildman–Crippen MR) is 51.0 cm³/mol. The standard InChI is InChI=1S/C9H20O5/c1-6(12)8(4-10)14-7(2)9(5-11)13-3/h6-12H,4-5H2,1-3H3/t6-,7?,8?,9+/m0/s1. The molecule has 0 bridgehead atoms. The summed E-state index contributed by atoms with van der Waals surface area (Å²) in [7, 11) is 1.47. The minimum absolute atomic E-state index is 0.157. The molecule has 0 rings (SSSR count). The van der Waals surface area contributed by atoms with E-state index in [1.54, 1.807) is 6.92 Å². The minimum Gasteiger partial charge on any atom is -0.394 e. The SMILES string of the molecule is CO[C@H](CO)C(C)OC(CO)[C@H](C)O. The van der Waals surface area contributed by atoms with Gasteiger partial charge in [-0.15, -0.1) is 0 Å². The van der Waals surface area contributed by atoms with Crippen LogP contribution in [0.4, 0.5) is 0 Å². The molecule has 2 unspecified atom stereocenters. The molecule has 5 heteroatoms. The van der Waals surface area contributed by atoms with Crippen molar-refractivity contribution in [3.8, 4) is 0 Å². The molecular weight excluding hydrogens is 188 g/mol. The van der Waals surface area contributed by atoms with Gasteiger partial charge in [-0.05, 0) is 13.8 Å². The van der Waals surface area contributed by atoms with Gasteiger partial charge in [-0.3, -0.25) is 0 Å². The summed E-state index contributed by atoms with van der Waals surface area (Å²) in [6.07, 6.45) is -2.22. The molecule has 14 heavy (non-hydrogen) atoms. The van der Waals surface area contributed by atoms with Gasteiger partial charge in [0, 0.05) is 7.11 Å². The minimum atomic E-state index is -0.751. The third-order valence-corrected chi connectivity index (χ3v) is 2.11. The van der Waals surface area contributed by atoms with Crippen LogP contribution < -0.4 is 0 Å². The van der Waals surface area contributed by atoms with E-state index in [-0.39, 0.29) is 19.3 Å². The highest BCUT2D eigenvalue weighted by molar-refractivity contribution is 4.70. The van der Waals surface area contributed by atoms with Crippen LogP contribution in [-0.4, -0.2) is 60.1 Å². The van der Waals surface area contributed by atoms with Gasteiger partial charge in [0.1, 0.15) is 12.2 Å². The van der Waals surface area contributed by atoms with E-state index in [9.17, 15) is 5.11 Å². The van der Waals surface area contributed by atoms with Crippen LogP contribution in [0.2, 0.25) is 0 Å². The third-order valence-electron chi connectivity index (χ3n) is 2.11. The van der Waals surface area contributed by atoms with Gasteiger partial charge in [-0.2, -0.15) is 0 Å². The van der Waals surface area contributed by atoms with Crippen molar-refractivity contribution in [1.82, 2.24) is 0 Å². The molecule has 0 radical (unpaired) electrons. The van der Waals surface area contributed by atoms with Gasteiger partial charge in [0.25, 0.3) is 0 Å². The van der Waals surface area contributed by atoms with E-state index in [0.717, 1.165) is 0 Å². The van der Waals surface area contributed by atoms with E-state index in [1.807, 2.05) is 0 Å². The number of methoxy groups -OCH3 is 1. The fourth-order valence-corrected chi connectivity index (χ4v) is 1.09. The Bertz CT molecular complexity index is 135. The second-order valence-electron chi connectivity index (χ2n) is 3.26. The van der Waals surface area contributed by atoms with Crippen LogP contribution in [0.1, 0.15) is 13.8 Å². The van der Waals surface area contributed by atoms with Crippen molar-refractivity contribution >= 4 is 0 Å². The summed E-state index contributed by atoms with van der Waals surface area (Å²) in [5, 5.41) is 27.0. The van der Waals surface area contributed by atoms with Gasteiger partial charge >= 0.3 is 0 Å². The molecular formula is C9H20O5. The van der Waals surface area contributed by atoms with Crippen molar-refractivity contribution < 1.29 is 24.8 Å². The van der Waals surface area contributed by atoms with Crippen LogP contribution in [0.5, 0.6) is 0 Å². The smallest absolute Gasteiger partial charge is 0.107 e. The topological polar surface area (TPSA) is 79.2 Å². The molecule has 0 aliphatic carbocycles. The van der Waals surface area contributed by atoms with E-state index >= 15 is 0 Å². The van der Waals surface area contributed by atoms with Crippen LogP contribution in [0.25, 0.3) is 0 Å². The Labute approximate surface area is 84.3 Å². The van der Waals surface area contributed by atoms with Crippen molar-refractivity contribution in [3.63, 3.8) is 0 Å². The summed E-state index contributed by atoms with van der Waals surface area (Å²) >= 11 is 0. The van der Waals surface area contributed by atoms with Gasteiger partial charge < -0.3 is 24.8 Å². The fraction of sp³-hybridized carbons (Fsp3) is 1.00. The van der Waals surface area contributed by atoms with Gasteiger partial charge in [0.2, 0.25) is 0 Å². The summed E-state index contributed by atoms with van der Waals surface area (Å²) in [5.74, 6) is 0. The number of aliphatic hydroxyl groups excluding tert-OH is 3. The third kappa shape index (κ3) is 4.34. The largest absolute Gasteiger partial charge is 0.394 e. The quantitative estimate of drug-likeness (QED) is 0.507. The number of ether oxygens (including phenoxy) is 2. The normalized spacial score (nSPS) is 20.1. The Balaban J connectivity index is 4.06. The van der Waals surface area contributed by atoms with E-state index < -0.39 is 18.3 Å². The number of aliphatic hydroxyl groups is 3. The van der Waals surface area contributed by atoms with E-state index in [4.69, 9.17) is 19.7 Å². The molecule has 4 atom stereocenters. The molecule has 0 aromatic carbocycles. The van der Waals surface area contributed by atoms with Crippen LogP contribution in [0.3, 0.4) is 0 Å². The van der Waals surface area contributed by atoms with Crippen molar-refractivity contribution in [2.45, 2.75) is 38.3 Å². The lowest BCUT2D eigenvalue weighted by Gasteiger charge is -2.27. The molecule has 0 amide bonds. The number of hydrogen-bond donors (Lipinski definition) is 3. The first-order chi connectivity index (χ1) is 6.56. The molecule has 0 saturated heterocycles. The highest BCUT2D eigenvalue weighted by Crippen LogP contribution is 2.08. The molecule has 5 nitrogen and oxygen atoms in total. The van der Waals surface area contributed by atoms with Crippen molar-refractivity contribution in [3.05, 3.63) is 0 Å². The lowest BCUT2D eigenvalue weighted by Crippen LogP contribution is -2.39. The Morgan fingerprint density at radius 3 is 1.86 bits per heavy atom. The van der Waals surface area contributed by atoms with Crippen LogP contribution in [0, 0.1) is 0 Å². The van der Waals surface area contributed by atoms with Gasteiger partial charge in [-0.1, -0.05) is 0 Å². The molecule has 0 saturated carbocycles.